The molecule has 0 aliphatic carbocycles. The van der Waals surface area contributed by atoms with E-state index in [1.165, 1.54) is 0 Å². The first-order valence-corrected chi connectivity index (χ1v) is 4.60. The second kappa shape index (κ2) is 3.57. The number of aliphatic hydroxyl groups is 1. The lowest BCUT2D eigenvalue weighted by atomic mass is 10.1. The molecule has 5 heteroatoms. The van der Waals surface area contributed by atoms with Gasteiger partial charge in [0.05, 0.1) is 18.2 Å². The second-order valence-corrected chi connectivity index (χ2v) is 3.48. The maximum atomic E-state index is 8.89. The Bertz CT molecular complexity index is 454. The number of aliphatic hydroxyl groups excluding tert-OH is 1. The van der Waals surface area contributed by atoms with Crippen molar-refractivity contribution in [1.82, 2.24) is 10.2 Å². The fraction of sp³-hybridized carbons (Fsp3) is 0.222. The minimum atomic E-state index is -0.366. The highest BCUT2D eigenvalue weighted by atomic mass is 35.5. The molecule has 1 unspecified atom stereocenters. The number of nitrogens with zero attached hydrogens (tertiary/aromatic N) is 1. The third-order valence-corrected chi connectivity index (χ3v) is 2.45. The van der Waals surface area contributed by atoms with Gasteiger partial charge in [0, 0.05) is 5.39 Å². The molecule has 0 bridgehead atoms. The molecule has 1 aromatic heterocycles. The number of nitrogens with one attached hydrogen (secondary N) is 1. The molecule has 1 atom stereocenters. The summed E-state index contributed by atoms with van der Waals surface area (Å²) in [6.45, 7) is -0.0797. The number of halogens is 1. The van der Waals surface area contributed by atoms with Crippen molar-refractivity contribution in [3.05, 3.63) is 28.9 Å². The number of fused-ring (bicyclic) bond motifs is 1. The van der Waals surface area contributed by atoms with Gasteiger partial charge in [0.2, 0.25) is 0 Å². The molecule has 1 heterocycles. The SMILES string of the molecule is NC(CO)c1ccc2c(Cl)[nH]nc2c1. The third-order valence-electron chi connectivity index (χ3n) is 2.16. The van der Waals surface area contributed by atoms with Crippen LogP contribution in [0.15, 0.2) is 18.2 Å². The van der Waals surface area contributed by atoms with Crippen molar-refractivity contribution in [2.45, 2.75) is 6.04 Å². The Balaban J connectivity index is 2.52. The zero-order chi connectivity index (χ0) is 10.1. The number of hydrogen-bond donors (Lipinski definition) is 3. The predicted octanol–water partition coefficient (Wildman–Crippen LogP) is 1.21. The zero-order valence-corrected chi connectivity index (χ0v) is 8.12. The Kier molecular flexibility index (Phi) is 2.41. The van der Waals surface area contributed by atoms with Crippen LogP contribution in [0.5, 0.6) is 0 Å². The van der Waals surface area contributed by atoms with Crippen LogP contribution in [-0.4, -0.2) is 21.9 Å². The van der Waals surface area contributed by atoms with Gasteiger partial charge in [0.15, 0.2) is 0 Å². The van der Waals surface area contributed by atoms with E-state index in [0.717, 1.165) is 16.5 Å². The van der Waals surface area contributed by atoms with Gasteiger partial charge in [-0.25, -0.2) is 0 Å². The van der Waals surface area contributed by atoms with E-state index >= 15 is 0 Å². The Labute approximate surface area is 85.7 Å². The van der Waals surface area contributed by atoms with Crippen LogP contribution in [0.2, 0.25) is 5.15 Å². The van der Waals surface area contributed by atoms with Gasteiger partial charge in [-0.2, -0.15) is 5.10 Å². The fourth-order valence-electron chi connectivity index (χ4n) is 1.33. The molecule has 74 valence electrons. The molecule has 4 N–H and O–H groups in total. The summed E-state index contributed by atoms with van der Waals surface area (Å²) in [5, 5.41) is 16.9. The van der Waals surface area contributed by atoms with E-state index < -0.39 is 0 Å². The van der Waals surface area contributed by atoms with Crippen LogP contribution in [-0.2, 0) is 0 Å². The zero-order valence-electron chi connectivity index (χ0n) is 7.37. The van der Waals surface area contributed by atoms with E-state index in [1.54, 1.807) is 0 Å². The summed E-state index contributed by atoms with van der Waals surface area (Å²) in [4.78, 5) is 0. The van der Waals surface area contributed by atoms with Crippen LogP contribution < -0.4 is 5.73 Å². The summed E-state index contributed by atoms with van der Waals surface area (Å²) in [5.41, 5.74) is 7.28. The molecular formula is C9H10ClN3O. The number of aromatic nitrogens is 2. The van der Waals surface area contributed by atoms with Crippen molar-refractivity contribution < 1.29 is 5.11 Å². The average Bonchev–Trinajstić information content (AvgIpc) is 2.59. The molecular weight excluding hydrogens is 202 g/mol. The summed E-state index contributed by atoms with van der Waals surface area (Å²) in [6, 6.07) is 5.13. The maximum Gasteiger partial charge on any atom is 0.132 e. The van der Waals surface area contributed by atoms with Gasteiger partial charge in [-0.15, -0.1) is 0 Å². The van der Waals surface area contributed by atoms with Crippen molar-refractivity contribution in [3.63, 3.8) is 0 Å². The summed E-state index contributed by atoms with van der Waals surface area (Å²) in [6.07, 6.45) is 0. The highest BCUT2D eigenvalue weighted by Gasteiger charge is 2.08. The number of rotatable bonds is 2. The smallest absolute Gasteiger partial charge is 0.132 e. The third kappa shape index (κ3) is 1.48. The molecule has 0 amide bonds. The van der Waals surface area contributed by atoms with Crippen molar-refractivity contribution in [1.29, 1.82) is 0 Å². The summed E-state index contributed by atoms with van der Waals surface area (Å²) < 4.78 is 0. The number of H-pyrrole nitrogens is 1. The first-order chi connectivity index (χ1) is 6.72. The first kappa shape index (κ1) is 9.45. The molecule has 0 saturated heterocycles. The number of aromatic amines is 1. The highest BCUT2D eigenvalue weighted by molar-refractivity contribution is 6.34. The van der Waals surface area contributed by atoms with Crippen molar-refractivity contribution in [2.24, 2.45) is 5.73 Å². The minimum absolute atomic E-state index is 0.0797. The van der Waals surface area contributed by atoms with E-state index in [9.17, 15) is 0 Å². The maximum absolute atomic E-state index is 8.89. The average molecular weight is 212 g/mol. The molecule has 1 aromatic carbocycles. The van der Waals surface area contributed by atoms with Crippen LogP contribution in [0.4, 0.5) is 0 Å². The quantitative estimate of drug-likeness (QED) is 0.699. The molecule has 0 fully saturated rings. The molecule has 0 spiro atoms. The summed E-state index contributed by atoms with van der Waals surface area (Å²) in [7, 11) is 0. The van der Waals surface area contributed by atoms with E-state index in [4.69, 9.17) is 22.4 Å². The molecule has 4 nitrogen and oxygen atoms in total. The van der Waals surface area contributed by atoms with E-state index in [2.05, 4.69) is 10.2 Å². The van der Waals surface area contributed by atoms with Crippen molar-refractivity contribution in [2.75, 3.05) is 6.61 Å². The van der Waals surface area contributed by atoms with Gasteiger partial charge in [-0.1, -0.05) is 17.7 Å². The Morgan fingerprint density at radius 1 is 1.57 bits per heavy atom. The largest absolute Gasteiger partial charge is 0.394 e. The molecule has 0 radical (unpaired) electrons. The predicted molar refractivity (Wildman–Crippen MR) is 55.1 cm³/mol. The molecule has 0 saturated carbocycles. The monoisotopic (exact) mass is 211 g/mol. The lowest BCUT2D eigenvalue weighted by Gasteiger charge is -2.07. The van der Waals surface area contributed by atoms with Crippen molar-refractivity contribution in [3.8, 4) is 0 Å². The standard InChI is InChI=1S/C9H10ClN3O/c10-9-6-2-1-5(7(11)4-14)3-8(6)12-13-9/h1-3,7,14H,4,11H2,(H,12,13). The van der Waals surface area contributed by atoms with Crippen LogP contribution in [0.1, 0.15) is 11.6 Å². The second-order valence-electron chi connectivity index (χ2n) is 3.10. The van der Waals surface area contributed by atoms with Gasteiger partial charge >= 0.3 is 0 Å². The van der Waals surface area contributed by atoms with Gasteiger partial charge in [0.25, 0.3) is 0 Å². The lowest BCUT2D eigenvalue weighted by molar-refractivity contribution is 0.268. The molecule has 14 heavy (non-hydrogen) atoms. The van der Waals surface area contributed by atoms with Gasteiger partial charge in [-0.05, 0) is 17.7 Å². The fourth-order valence-corrected chi connectivity index (χ4v) is 1.53. The van der Waals surface area contributed by atoms with E-state index in [0.29, 0.717) is 5.15 Å². The highest BCUT2D eigenvalue weighted by Crippen LogP contribution is 2.22. The first-order valence-electron chi connectivity index (χ1n) is 4.22. The molecule has 0 aliphatic heterocycles. The minimum Gasteiger partial charge on any atom is -0.394 e. The van der Waals surface area contributed by atoms with E-state index in [1.807, 2.05) is 18.2 Å². The normalized spacial score (nSPS) is 13.4. The van der Waals surface area contributed by atoms with Gasteiger partial charge < -0.3 is 10.8 Å². The van der Waals surface area contributed by atoms with Crippen molar-refractivity contribution >= 4 is 22.5 Å². The van der Waals surface area contributed by atoms with Crippen LogP contribution in [0, 0.1) is 0 Å². The van der Waals surface area contributed by atoms with Crippen LogP contribution in [0.3, 0.4) is 0 Å². The number of nitrogens with two attached hydrogens (primary N) is 1. The number of benzene rings is 1. The Hall–Kier alpha value is -1.10. The molecule has 0 aliphatic rings. The Morgan fingerprint density at radius 2 is 2.36 bits per heavy atom. The lowest BCUT2D eigenvalue weighted by Crippen LogP contribution is -2.14. The Morgan fingerprint density at radius 3 is 3.07 bits per heavy atom. The molecule has 2 rings (SSSR count). The molecule has 2 aromatic rings. The van der Waals surface area contributed by atoms with Gasteiger partial charge in [-0.3, -0.25) is 5.10 Å². The van der Waals surface area contributed by atoms with Crippen LogP contribution >= 0.6 is 11.6 Å². The van der Waals surface area contributed by atoms with Gasteiger partial charge in [0.1, 0.15) is 5.15 Å². The number of hydrogen-bond acceptors (Lipinski definition) is 3. The topological polar surface area (TPSA) is 74.9 Å². The van der Waals surface area contributed by atoms with Crippen LogP contribution in [0.25, 0.3) is 10.9 Å². The summed E-state index contributed by atoms with van der Waals surface area (Å²) in [5.74, 6) is 0. The van der Waals surface area contributed by atoms with E-state index in [-0.39, 0.29) is 12.6 Å². The summed E-state index contributed by atoms with van der Waals surface area (Å²) >= 11 is 5.84.